The molecule has 15 heavy (non-hydrogen) atoms. The van der Waals surface area contributed by atoms with Crippen LogP contribution in [0.1, 0.15) is 0 Å². The lowest BCUT2D eigenvalue weighted by Crippen LogP contribution is -2.11. The molecule has 80 valence electrons. The Kier molecular flexibility index (Phi) is 2.64. The molecule has 0 spiro atoms. The van der Waals surface area contributed by atoms with E-state index < -0.39 is 0 Å². The van der Waals surface area contributed by atoms with E-state index in [1.165, 1.54) is 9.93 Å². The Morgan fingerprint density at radius 2 is 1.80 bits per heavy atom. The SMILES string of the molecule is C=C1S/C(=C2\SCC(=C)N2C)C(=C)N1C. The average Bonchev–Trinajstić information content (AvgIpc) is 2.64. The normalized spacial score (nSPS) is 27.2. The van der Waals surface area contributed by atoms with Gasteiger partial charge in [0.05, 0.1) is 20.7 Å². The molecule has 2 fully saturated rings. The maximum Gasteiger partial charge on any atom is 0.0914 e. The standard InChI is InChI=1S/C11H14N2S2/c1-7-6-14-11(12(7)4)10-8(2)13(5)9(3)15-10/h1-3,6H2,4-5H3/b11-10-. The molecule has 0 bridgehead atoms. The Hall–Kier alpha value is -0.740. The molecule has 2 aliphatic rings. The second-order valence-electron chi connectivity index (χ2n) is 3.55. The largest absolute Gasteiger partial charge is 0.342 e. The van der Waals surface area contributed by atoms with Crippen molar-refractivity contribution in [2.45, 2.75) is 0 Å². The van der Waals surface area contributed by atoms with Gasteiger partial charge in [0.1, 0.15) is 0 Å². The first-order valence-electron chi connectivity index (χ1n) is 4.60. The van der Waals surface area contributed by atoms with Crippen LogP contribution < -0.4 is 0 Å². The van der Waals surface area contributed by atoms with Gasteiger partial charge in [-0.15, -0.1) is 11.8 Å². The molecule has 2 heterocycles. The quantitative estimate of drug-likeness (QED) is 0.639. The van der Waals surface area contributed by atoms with Gasteiger partial charge < -0.3 is 9.80 Å². The van der Waals surface area contributed by atoms with Crippen LogP contribution in [0.4, 0.5) is 0 Å². The van der Waals surface area contributed by atoms with Crippen LogP contribution in [0.2, 0.25) is 0 Å². The monoisotopic (exact) mass is 238 g/mol. The van der Waals surface area contributed by atoms with E-state index >= 15 is 0 Å². The summed E-state index contributed by atoms with van der Waals surface area (Å²) >= 11 is 3.51. The van der Waals surface area contributed by atoms with Crippen molar-refractivity contribution < 1.29 is 0 Å². The number of nitrogens with zero attached hydrogens (tertiary/aromatic N) is 2. The van der Waals surface area contributed by atoms with Crippen LogP contribution >= 0.6 is 23.5 Å². The third kappa shape index (κ3) is 1.62. The van der Waals surface area contributed by atoms with Crippen LogP contribution in [0.25, 0.3) is 0 Å². The lowest BCUT2D eigenvalue weighted by Gasteiger charge is -2.16. The molecule has 0 aromatic carbocycles. The minimum absolute atomic E-state index is 0.972. The van der Waals surface area contributed by atoms with Crippen molar-refractivity contribution in [2.75, 3.05) is 19.8 Å². The van der Waals surface area contributed by atoms with Gasteiger partial charge in [0.15, 0.2) is 0 Å². The van der Waals surface area contributed by atoms with E-state index in [1.807, 2.05) is 23.7 Å². The molecule has 2 aliphatic heterocycles. The minimum Gasteiger partial charge on any atom is -0.342 e. The molecule has 0 atom stereocenters. The van der Waals surface area contributed by atoms with E-state index in [0.717, 1.165) is 22.2 Å². The third-order valence-electron chi connectivity index (χ3n) is 2.61. The van der Waals surface area contributed by atoms with Gasteiger partial charge in [0.25, 0.3) is 0 Å². The topological polar surface area (TPSA) is 6.48 Å². The Labute approximate surface area is 99.4 Å². The van der Waals surface area contributed by atoms with Gasteiger partial charge in [-0.3, -0.25) is 0 Å². The van der Waals surface area contributed by atoms with Gasteiger partial charge in [0.2, 0.25) is 0 Å². The molecule has 0 radical (unpaired) electrons. The first-order chi connectivity index (χ1) is 7.02. The maximum absolute atomic E-state index is 4.09. The molecule has 2 rings (SSSR count). The first kappa shape index (κ1) is 10.8. The fourth-order valence-electron chi connectivity index (χ4n) is 1.42. The maximum atomic E-state index is 4.09. The number of thioether (sulfide) groups is 2. The van der Waals surface area contributed by atoms with Crippen molar-refractivity contribution in [3.05, 3.63) is 46.1 Å². The van der Waals surface area contributed by atoms with Gasteiger partial charge in [-0.2, -0.15) is 0 Å². The fourth-order valence-corrected chi connectivity index (χ4v) is 3.75. The molecular weight excluding hydrogens is 224 g/mol. The highest BCUT2D eigenvalue weighted by atomic mass is 32.2. The molecule has 2 nitrogen and oxygen atoms in total. The molecule has 0 amide bonds. The summed E-state index contributed by atoms with van der Waals surface area (Å²) < 4.78 is 0. The zero-order chi connectivity index (χ0) is 11.2. The predicted octanol–water partition coefficient (Wildman–Crippen LogP) is 3.01. The Morgan fingerprint density at radius 3 is 2.20 bits per heavy atom. The van der Waals surface area contributed by atoms with Crippen molar-refractivity contribution >= 4 is 23.5 Å². The molecule has 0 aromatic heterocycles. The fraction of sp³-hybridized carbons (Fsp3) is 0.273. The van der Waals surface area contributed by atoms with Gasteiger partial charge >= 0.3 is 0 Å². The second kappa shape index (κ2) is 3.68. The van der Waals surface area contributed by atoms with Crippen molar-refractivity contribution in [3.63, 3.8) is 0 Å². The van der Waals surface area contributed by atoms with Crippen LogP contribution in [0.15, 0.2) is 46.1 Å². The van der Waals surface area contributed by atoms with Gasteiger partial charge in [-0.1, -0.05) is 31.5 Å². The molecular formula is C11H14N2S2. The van der Waals surface area contributed by atoms with Crippen LogP contribution in [0.5, 0.6) is 0 Å². The highest BCUT2D eigenvalue weighted by molar-refractivity contribution is 8.09. The van der Waals surface area contributed by atoms with Crippen LogP contribution in [0.3, 0.4) is 0 Å². The summed E-state index contributed by atoms with van der Waals surface area (Å²) in [7, 11) is 4.05. The third-order valence-corrected chi connectivity index (χ3v) is 5.11. The zero-order valence-electron chi connectivity index (χ0n) is 9.04. The zero-order valence-corrected chi connectivity index (χ0v) is 10.7. The Morgan fingerprint density at radius 1 is 1.13 bits per heavy atom. The van der Waals surface area contributed by atoms with E-state index in [1.54, 1.807) is 11.8 Å². The second-order valence-corrected chi connectivity index (χ2v) is 5.60. The van der Waals surface area contributed by atoms with Crippen molar-refractivity contribution in [2.24, 2.45) is 0 Å². The van der Waals surface area contributed by atoms with Gasteiger partial charge in [-0.25, -0.2) is 0 Å². The Balaban J connectivity index is 2.39. The number of hydrogen-bond acceptors (Lipinski definition) is 4. The van der Waals surface area contributed by atoms with Gasteiger partial charge in [0, 0.05) is 25.5 Å². The summed E-state index contributed by atoms with van der Waals surface area (Å²) in [5, 5.41) is 2.29. The highest BCUT2D eigenvalue weighted by Gasteiger charge is 2.30. The predicted molar refractivity (Wildman–Crippen MR) is 70.0 cm³/mol. The molecule has 0 unspecified atom stereocenters. The van der Waals surface area contributed by atoms with Crippen LogP contribution in [-0.2, 0) is 0 Å². The number of hydrogen-bond donors (Lipinski definition) is 0. The lowest BCUT2D eigenvalue weighted by molar-refractivity contribution is 0.561. The molecule has 0 N–H and O–H groups in total. The number of likely N-dealkylation sites (N-methyl/N-ethyl adjacent to an activating group) is 1. The van der Waals surface area contributed by atoms with Crippen molar-refractivity contribution in [1.82, 2.24) is 9.80 Å². The summed E-state index contributed by atoms with van der Waals surface area (Å²) in [4.78, 5) is 5.39. The summed E-state index contributed by atoms with van der Waals surface area (Å²) in [6.07, 6.45) is 0. The van der Waals surface area contributed by atoms with Crippen molar-refractivity contribution in [1.29, 1.82) is 0 Å². The molecule has 4 heteroatoms. The van der Waals surface area contributed by atoms with E-state index in [-0.39, 0.29) is 0 Å². The highest BCUT2D eigenvalue weighted by Crippen LogP contribution is 2.48. The first-order valence-corrected chi connectivity index (χ1v) is 6.41. The van der Waals surface area contributed by atoms with Crippen molar-refractivity contribution in [3.8, 4) is 0 Å². The summed E-state index contributed by atoms with van der Waals surface area (Å²) in [6, 6.07) is 0. The van der Waals surface area contributed by atoms with E-state index in [0.29, 0.717) is 0 Å². The molecule has 0 aliphatic carbocycles. The summed E-state index contributed by atoms with van der Waals surface area (Å²) in [5.74, 6) is 0.972. The minimum atomic E-state index is 0.972. The van der Waals surface area contributed by atoms with Crippen LogP contribution in [-0.4, -0.2) is 29.6 Å². The van der Waals surface area contributed by atoms with Crippen LogP contribution in [0, 0.1) is 0 Å². The average molecular weight is 238 g/mol. The molecule has 0 aromatic rings. The summed E-state index contributed by atoms with van der Waals surface area (Å²) in [5.41, 5.74) is 2.19. The van der Waals surface area contributed by atoms with Gasteiger partial charge in [-0.05, 0) is 0 Å². The lowest BCUT2D eigenvalue weighted by atomic mass is 10.4. The summed E-state index contributed by atoms with van der Waals surface area (Å²) in [6.45, 7) is 12.1. The van der Waals surface area contributed by atoms with E-state index in [9.17, 15) is 0 Å². The Bertz CT molecular complexity index is 395. The molecule has 2 saturated heterocycles. The van der Waals surface area contributed by atoms with E-state index in [4.69, 9.17) is 0 Å². The number of rotatable bonds is 0. The molecule has 0 saturated carbocycles. The van der Waals surface area contributed by atoms with E-state index in [2.05, 4.69) is 31.7 Å². The smallest absolute Gasteiger partial charge is 0.0914 e.